The predicted molar refractivity (Wildman–Crippen MR) is 139 cm³/mol. The largest absolute Gasteiger partial charge is 0.465 e. The van der Waals surface area contributed by atoms with Gasteiger partial charge in [0.05, 0.1) is 23.3 Å². The van der Waals surface area contributed by atoms with Crippen molar-refractivity contribution in [3.8, 4) is 5.69 Å². The van der Waals surface area contributed by atoms with E-state index in [4.69, 9.17) is 4.74 Å². The van der Waals surface area contributed by atoms with Crippen molar-refractivity contribution in [2.75, 3.05) is 19.0 Å². The van der Waals surface area contributed by atoms with Crippen molar-refractivity contribution in [1.29, 1.82) is 0 Å². The summed E-state index contributed by atoms with van der Waals surface area (Å²) in [7, 11) is 1.32. The molecule has 0 radical (unpaired) electrons. The van der Waals surface area contributed by atoms with Crippen molar-refractivity contribution >= 4 is 46.5 Å². The molecule has 4 rings (SSSR count). The van der Waals surface area contributed by atoms with E-state index in [2.05, 4.69) is 5.32 Å². The Hall–Kier alpha value is -4.18. The van der Waals surface area contributed by atoms with Crippen LogP contribution in [0.3, 0.4) is 0 Å². The van der Waals surface area contributed by atoms with E-state index in [1.807, 2.05) is 37.5 Å². The number of thioether (sulfide) groups is 1. The van der Waals surface area contributed by atoms with Gasteiger partial charge < -0.3 is 14.6 Å². The van der Waals surface area contributed by atoms with Gasteiger partial charge in [0.2, 0.25) is 5.91 Å². The molecular formula is C27H24FN3O5S. The summed E-state index contributed by atoms with van der Waals surface area (Å²) in [5, 5.41) is 1.79. The summed E-state index contributed by atoms with van der Waals surface area (Å²) in [6.07, 6.45) is 1.61. The molecule has 2 aromatic carbocycles. The molecule has 0 aliphatic carbocycles. The molecule has 1 saturated heterocycles. The van der Waals surface area contributed by atoms with Crippen LogP contribution in [0.5, 0.6) is 0 Å². The quantitative estimate of drug-likeness (QED) is 0.362. The molecule has 1 N–H and O–H groups in total. The first kappa shape index (κ1) is 25.9. The number of nitrogens with one attached hydrogen (secondary N) is 1. The second-order valence-electron chi connectivity index (χ2n) is 8.45. The van der Waals surface area contributed by atoms with Gasteiger partial charge in [0.25, 0.3) is 11.1 Å². The maximum Gasteiger partial charge on any atom is 0.337 e. The van der Waals surface area contributed by atoms with Crippen molar-refractivity contribution < 1.29 is 28.3 Å². The number of hydrogen-bond acceptors (Lipinski definition) is 6. The fourth-order valence-corrected chi connectivity index (χ4v) is 4.90. The number of amides is 3. The van der Waals surface area contributed by atoms with E-state index >= 15 is 0 Å². The van der Waals surface area contributed by atoms with Crippen LogP contribution in [0.15, 0.2) is 53.4 Å². The lowest BCUT2D eigenvalue weighted by atomic mass is 10.1. The summed E-state index contributed by atoms with van der Waals surface area (Å²) in [6.45, 7) is 5.16. The minimum atomic E-state index is -0.687. The smallest absolute Gasteiger partial charge is 0.337 e. The Balaban J connectivity index is 1.58. The molecule has 1 aromatic heterocycles. The number of esters is 1. The monoisotopic (exact) mass is 521 g/mol. The molecule has 0 spiro atoms. The van der Waals surface area contributed by atoms with Crippen LogP contribution in [-0.4, -0.2) is 46.1 Å². The molecule has 2 heterocycles. The second kappa shape index (κ2) is 10.4. The summed E-state index contributed by atoms with van der Waals surface area (Å²) in [5.74, 6) is -2.36. The summed E-state index contributed by atoms with van der Waals surface area (Å²) < 4.78 is 20.6. The molecule has 1 fully saturated rings. The molecular weight excluding hydrogens is 497 g/mol. The van der Waals surface area contributed by atoms with Crippen molar-refractivity contribution in [3.63, 3.8) is 0 Å². The van der Waals surface area contributed by atoms with Crippen molar-refractivity contribution in [3.05, 3.63) is 87.3 Å². The molecule has 10 heteroatoms. The molecule has 190 valence electrons. The first-order valence-corrected chi connectivity index (χ1v) is 12.1. The number of anilines is 1. The number of carbonyl (C=O) groups is 4. The fraction of sp³-hybridized carbons (Fsp3) is 0.185. The van der Waals surface area contributed by atoms with Crippen LogP contribution in [0.25, 0.3) is 11.8 Å². The van der Waals surface area contributed by atoms with Gasteiger partial charge in [-0.05, 0) is 80.1 Å². The van der Waals surface area contributed by atoms with E-state index < -0.39 is 35.4 Å². The predicted octanol–water partition coefficient (Wildman–Crippen LogP) is 5.00. The van der Waals surface area contributed by atoms with E-state index in [1.54, 1.807) is 24.3 Å². The van der Waals surface area contributed by atoms with Gasteiger partial charge in [-0.15, -0.1) is 0 Å². The van der Waals surface area contributed by atoms with Gasteiger partial charge in [-0.2, -0.15) is 0 Å². The van der Waals surface area contributed by atoms with Gasteiger partial charge in [0, 0.05) is 17.1 Å². The van der Waals surface area contributed by atoms with Gasteiger partial charge in [-0.3, -0.25) is 19.3 Å². The fourth-order valence-electron chi connectivity index (χ4n) is 4.07. The van der Waals surface area contributed by atoms with Crippen LogP contribution in [0, 0.1) is 26.6 Å². The number of aromatic nitrogens is 1. The summed E-state index contributed by atoms with van der Waals surface area (Å²) in [6, 6.07) is 12.8. The van der Waals surface area contributed by atoms with Crippen LogP contribution >= 0.6 is 11.8 Å². The lowest BCUT2D eigenvalue weighted by Gasteiger charge is -2.14. The van der Waals surface area contributed by atoms with Crippen molar-refractivity contribution in [2.45, 2.75) is 20.8 Å². The Morgan fingerprint density at radius 3 is 2.51 bits per heavy atom. The maximum absolute atomic E-state index is 13.8. The van der Waals surface area contributed by atoms with E-state index in [0.29, 0.717) is 11.1 Å². The standard InChI is InChI=1S/C27H24FN3O5S/c1-15-9-10-18(26(34)36-4)12-22(15)31-16(2)11-19(17(31)3)13-23-25(33)30(27(35)37-23)14-24(32)29-21-8-6-5-7-20(21)28/h5-13H,14H2,1-4H3,(H,29,32)/b23-13-. The number of rotatable bonds is 6. The van der Waals surface area contributed by atoms with Gasteiger partial charge >= 0.3 is 5.97 Å². The van der Waals surface area contributed by atoms with E-state index in [1.165, 1.54) is 25.3 Å². The SMILES string of the molecule is COC(=O)c1ccc(C)c(-n2c(C)cc(/C=C3\SC(=O)N(CC(=O)Nc4ccccc4F)C3=O)c2C)c1. The number of aryl methyl sites for hydroxylation is 2. The summed E-state index contributed by atoms with van der Waals surface area (Å²) in [4.78, 5) is 50.9. The highest BCUT2D eigenvalue weighted by atomic mass is 32.2. The number of ether oxygens (including phenoxy) is 1. The average molecular weight is 522 g/mol. The van der Waals surface area contributed by atoms with Gasteiger partial charge in [0.15, 0.2) is 0 Å². The van der Waals surface area contributed by atoms with Crippen LogP contribution in [0.1, 0.15) is 32.9 Å². The molecule has 8 nitrogen and oxygen atoms in total. The van der Waals surface area contributed by atoms with Gasteiger partial charge in [-0.25, -0.2) is 9.18 Å². The number of carbonyl (C=O) groups excluding carboxylic acids is 4. The van der Waals surface area contributed by atoms with Crippen LogP contribution < -0.4 is 5.32 Å². The van der Waals surface area contributed by atoms with Gasteiger partial charge in [0.1, 0.15) is 12.4 Å². The minimum Gasteiger partial charge on any atom is -0.465 e. The molecule has 0 unspecified atom stereocenters. The summed E-state index contributed by atoms with van der Waals surface area (Å²) >= 11 is 0.734. The third-order valence-electron chi connectivity index (χ3n) is 5.95. The number of para-hydroxylation sites is 1. The Kier molecular flexibility index (Phi) is 7.30. The number of benzene rings is 2. The average Bonchev–Trinajstić information content (AvgIpc) is 3.29. The summed E-state index contributed by atoms with van der Waals surface area (Å²) in [5.41, 5.74) is 4.46. The number of halogens is 1. The Morgan fingerprint density at radius 1 is 1.08 bits per heavy atom. The van der Waals surface area contributed by atoms with Crippen LogP contribution in [0.4, 0.5) is 14.9 Å². The first-order chi connectivity index (χ1) is 17.6. The molecule has 37 heavy (non-hydrogen) atoms. The molecule has 0 saturated carbocycles. The lowest BCUT2D eigenvalue weighted by Crippen LogP contribution is -2.36. The van der Waals surface area contributed by atoms with E-state index in [0.717, 1.165) is 39.3 Å². The Bertz CT molecular complexity index is 1480. The van der Waals surface area contributed by atoms with Crippen molar-refractivity contribution in [2.24, 2.45) is 0 Å². The molecule has 0 atom stereocenters. The highest BCUT2D eigenvalue weighted by molar-refractivity contribution is 8.18. The molecule has 3 aromatic rings. The van der Waals surface area contributed by atoms with Gasteiger partial charge in [-0.1, -0.05) is 18.2 Å². The van der Waals surface area contributed by atoms with E-state index in [9.17, 15) is 23.6 Å². The molecule has 1 aliphatic rings. The highest BCUT2D eigenvalue weighted by Crippen LogP contribution is 2.34. The van der Waals surface area contributed by atoms with Crippen molar-refractivity contribution in [1.82, 2.24) is 9.47 Å². The zero-order chi connectivity index (χ0) is 26.9. The Labute approximate surface area is 217 Å². The van der Waals surface area contributed by atoms with Crippen LogP contribution in [-0.2, 0) is 14.3 Å². The first-order valence-electron chi connectivity index (χ1n) is 11.3. The topological polar surface area (TPSA) is 97.7 Å². The molecule has 0 bridgehead atoms. The third kappa shape index (κ3) is 5.19. The van der Waals surface area contributed by atoms with E-state index in [-0.39, 0.29) is 10.6 Å². The maximum atomic E-state index is 13.8. The normalized spacial score (nSPS) is 14.4. The molecule has 1 aliphatic heterocycles. The zero-order valence-corrected chi connectivity index (χ0v) is 21.4. The number of nitrogens with zero attached hydrogens (tertiary/aromatic N) is 2. The second-order valence-corrected chi connectivity index (χ2v) is 9.44. The number of hydrogen-bond donors (Lipinski definition) is 1. The minimum absolute atomic E-state index is 0.0333. The molecule has 3 amide bonds. The number of imide groups is 1. The lowest BCUT2D eigenvalue weighted by molar-refractivity contribution is -0.127. The highest BCUT2D eigenvalue weighted by Gasteiger charge is 2.36. The Morgan fingerprint density at radius 2 is 1.81 bits per heavy atom. The number of methoxy groups -OCH3 is 1. The zero-order valence-electron chi connectivity index (χ0n) is 20.6. The third-order valence-corrected chi connectivity index (χ3v) is 6.86. The van der Waals surface area contributed by atoms with Crippen LogP contribution in [0.2, 0.25) is 0 Å².